The molecule has 3 heteroatoms. The van der Waals surface area contributed by atoms with Crippen LogP contribution >= 0.6 is 11.6 Å². The van der Waals surface area contributed by atoms with Gasteiger partial charge in [-0.25, -0.2) is 0 Å². The molecule has 2 aliphatic rings. The highest BCUT2D eigenvalue weighted by atomic mass is 35.5. The Bertz CT molecular complexity index is 577. The monoisotopic (exact) mass is 242 g/mol. The molecule has 2 N–H and O–H groups in total. The van der Waals surface area contributed by atoms with E-state index in [0.29, 0.717) is 0 Å². The Morgan fingerprint density at radius 3 is 2.71 bits per heavy atom. The maximum absolute atomic E-state index is 6.28. The highest BCUT2D eigenvalue weighted by Crippen LogP contribution is 2.35. The third-order valence-electron chi connectivity index (χ3n) is 2.95. The first-order chi connectivity index (χ1) is 8.24. The van der Waals surface area contributed by atoms with Crippen LogP contribution in [0, 0.1) is 0 Å². The number of nitrogen functional groups attached to an aromatic ring is 1. The summed E-state index contributed by atoms with van der Waals surface area (Å²) in [7, 11) is 0. The quantitative estimate of drug-likeness (QED) is 0.755. The second-order valence-electron chi connectivity index (χ2n) is 4.10. The summed E-state index contributed by atoms with van der Waals surface area (Å²) < 4.78 is 0. The van der Waals surface area contributed by atoms with Gasteiger partial charge in [-0.1, -0.05) is 23.7 Å². The van der Waals surface area contributed by atoms with E-state index in [1.165, 1.54) is 5.57 Å². The van der Waals surface area contributed by atoms with Crippen LogP contribution in [0.2, 0.25) is 0 Å². The van der Waals surface area contributed by atoms with Gasteiger partial charge in [-0.2, -0.15) is 0 Å². The molecule has 1 aliphatic carbocycles. The third-order valence-corrected chi connectivity index (χ3v) is 3.28. The van der Waals surface area contributed by atoms with Crippen molar-refractivity contribution < 1.29 is 0 Å². The number of rotatable bonds is 1. The number of fused-ring (bicyclic) bond motifs is 1. The van der Waals surface area contributed by atoms with Gasteiger partial charge in [-0.05, 0) is 41.5 Å². The summed E-state index contributed by atoms with van der Waals surface area (Å²) in [4.78, 5) is 4.31. The average Bonchev–Trinajstić information content (AvgIpc) is 2.76. The summed E-state index contributed by atoms with van der Waals surface area (Å²) in [5.41, 5.74) is 9.72. The topological polar surface area (TPSA) is 38.4 Å². The maximum atomic E-state index is 6.28. The van der Waals surface area contributed by atoms with Gasteiger partial charge in [0.25, 0.3) is 0 Å². The minimum atomic E-state index is 0.0973. The van der Waals surface area contributed by atoms with Crippen LogP contribution in [0.5, 0.6) is 0 Å². The van der Waals surface area contributed by atoms with E-state index in [1.54, 1.807) is 0 Å². The molecular formula is C14H11ClN2. The molecule has 0 amide bonds. The molecule has 1 atom stereocenters. The van der Waals surface area contributed by atoms with Crippen molar-refractivity contribution in [1.82, 2.24) is 0 Å². The lowest BCUT2D eigenvalue weighted by atomic mass is 9.94. The summed E-state index contributed by atoms with van der Waals surface area (Å²) >= 11 is 6.28. The Morgan fingerprint density at radius 1 is 1.18 bits per heavy atom. The molecule has 0 aromatic heterocycles. The standard InChI is InChI=1S/C14H11ClN2/c15-13-8-14-10(5-6-17-14)7-12(13)9-1-3-11(16)4-2-9/h1-8,14H,16H2. The molecule has 1 aromatic carbocycles. The lowest BCUT2D eigenvalue weighted by Gasteiger charge is -2.16. The number of hydrogen-bond acceptors (Lipinski definition) is 2. The van der Waals surface area contributed by atoms with Crippen LogP contribution in [0.25, 0.3) is 5.57 Å². The summed E-state index contributed by atoms with van der Waals surface area (Å²) in [6, 6.07) is 7.82. The number of nitrogens with two attached hydrogens (primary N) is 1. The van der Waals surface area contributed by atoms with E-state index in [1.807, 2.05) is 42.6 Å². The summed E-state index contributed by atoms with van der Waals surface area (Å²) in [6.07, 6.45) is 7.90. The second kappa shape index (κ2) is 3.90. The summed E-state index contributed by atoms with van der Waals surface area (Å²) in [5.74, 6) is 0. The van der Waals surface area contributed by atoms with Crippen molar-refractivity contribution in [2.45, 2.75) is 6.04 Å². The fraction of sp³-hybridized carbons (Fsp3) is 0.0714. The average molecular weight is 243 g/mol. The van der Waals surface area contributed by atoms with Crippen LogP contribution in [0.4, 0.5) is 5.69 Å². The van der Waals surface area contributed by atoms with Gasteiger partial charge in [0.2, 0.25) is 0 Å². The Hall–Kier alpha value is -1.80. The molecule has 0 saturated carbocycles. The van der Waals surface area contributed by atoms with E-state index in [0.717, 1.165) is 21.9 Å². The number of halogens is 1. The molecule has 84 valence electrons. The molecule has 0 bridgehead atoms. The van der Waals surface area contributed by atoms with Gasteiger partial charge in [0, 0.05) is 22.5 Å². The molecule has 2 nitrogen and oxygen atoms in total. The van der Waals surface area contributed by atoms with Crippen molar-refractivity contribution in [3.05, 3.63) is 58.7 Å². The molecule has 0 fully saturated rings. The molecule has 1 heterocycles. The SMILES string of the molecule is Nc1ccc(C2=CC3=CC=NC3C=C2Cl)cc1. The predicted molar refractivity (Wildman–Crippen MR) is 73.1 cm³/mol. The number of nitrogens with zero attached hydrogens (tertiary/aromatic N) is 1. The van der Waals surface area contributed by atoms with Crippen molar-refractivity contribution in [2.24, 2.45) is 4.99 Å². The zero-order valence-electron chi connectivity index (χ0n) is 9.10. The predicted octanol–water partition coefficient (Wildman–Crippen LogP) is 3.17. The smallest absolute Gasteiger partial charge is 0.0948 e. The fourth-order valence-corrected chi connectivity index (χ4v) is 2.31. The van der Waals surface area contributed by atoms with Crippen molar-refractivity contribution in [3.8, 4) is 0 Å². The van der Waals surface area contributed by atoms with Crippen LogP contribution in [-0.2, 0) is 0 Å². The third kappa shape index (κ3) is 1.81. The maximum Gasteiger partial charge on any atom is 0.0948 e. The van der Waals surface area contributed by atoms with Crippen LogP contribution in [0.1, 0.15) is 5.56 Å². The van der Waals surface area contributed by atoms with Crippen LogP contribution in [0.3, 0.4) is 0 Å². The summed E-state index contributed by atoms with van der Waals surface area (Å²) in [6.45, 7) is 0. The van der Waals surface area contributed by atoms with Crippen LogP contribution in [-0.4, -0.2) is 12.3 Å². The second-order valence-corrected chi connectivity index (χ2v) is 4.51. The van der Waals surface area contributed by atoms with Gasteiger partial charge in [0.05, 0.1) is 6.04 Å². The van der Waals surface area contributed by atoms with E-state index in [2.05, 4.69) is 11.1 Å². The van der Waals surface area contributed by atoms with Crippen molar-refractivity contribution in [2.75, 3.05) is 5.73 Å². The van der Waals surface area contributed by atoms with Crippen LogP contribution < -0.4 is 5.73 Å². The molecule has 1 aromatic rings. The molecule has 3 rings (SSSR count). The van der Waals surface area contributed by atoms with Gasteiger partial charge < -0.3 is 5.73 Å². The van der Waals surface area contributed by atoms with Gasteiger partial charge in [-0.15, -0.1) is 0 Å². The van der Waals surface area contributed by atoms with Crippen molar-refractivity contribution in [1.29, 1.82) is 0 Å². The van der Waals surface area contributed by atoms with Gasteiger partial charge in [0.1, 0.15) is 0 Å². The lowest BCUT2D eigenvalue weighted by Crippen LogP contribution is -2.06. The highest BCUT2D eigenvalue weighted by Gasteiger charge is 2.20. The Kier molecular flexibility index (Phi) is 2.37. The number of benzene rings is 1. The number of aliphatic imine (C=N–C) groups is 1. The van der Waals surface area contributed by atoms with Crippen LogP contribution in [0.15, 0.2) is 58.1 Å². The van der Waals surface area contributed by atoms with E-state index in [4.69, 9.17) is 17.3 Å². The van der Waals surface area contributed by atoms with Crippen molar-refractivity contribution >= 4 is 29.1 Å². The number of hydrogen-bond donors (Lipinski definition) is 1. The minimum absolute atomic E-state index is 0.0973. The van der Waals surface area contributed by atoms with E-state index in [-0.39, 0.29) is 6.04 Å². The Balaban J connectivity index is 2.04. The first kappa shape index (κ1) is 10.4. The van der Waals surface area contributed by atoms with Gasteiger partial charge in [0.15, 0.2) is 0 Å². The van der Waals surface area contributed by atoms with Gasteiger partial charge in [-0.3, -0.25) is 4.99 Å². The van der Waals surface area contributed by atoms with E-state index >= 15 is 0 Å². The fourth-order valence-electron chi connectivity index (χ4n) is 2.03. The Morgan fingerprint density at radius 2 is 1.94 bits per heavy atom. The number of anilines is 1. The minimum Gasteiger partial charge on any atom is -0.399 e. The van der Waals surface area contributed by atoms with Crippen molar-refractivity contribution in [3.63, 3.8) is 0 Å². The van der Waals surface area contributed by atoms with E-state index < -0.39 is 0 Å². The molecule has 0 saturated heterocycles. The zero-order chi connectivity index (χ0) is 11.8. The molecule has 1 unspecified atom stereocenters. The molecule has 0 radical (unpaired) electrons. The highest BCUT2D eigenvalue weighted by molar-refractivity contribution is 6.37. The first-order valence-corrected chi connectivity index (χ1v) is 5.80. The van der Waals surface area contributed by atoms with Gasteiger partial charge >= 0.3 is 0 Å². The molecule has 0 spiro atoms. The first-order valence-electron chi connectivity index (χ1n) is 5.43. The largest absolute Gasteiger partial charge is 0.399 e. The lowest BCUT2D eigenvalue weighted by molar-refractivity contribution is 1.00. The van der Waals surface area contributed by atoms with E-state index in [9.17, 15) is 0 Å². The summed E-state index contributed by atoms with van der Waals surface area (Å²) in [5, 5.41) is 0.746. The number of allylic oxidation sites excluding steroid dienone is 3. The molecular weight excluding hydrogens is 232 g/mol. The zero-order valence-corrected chi connectivity index (χ0v) is 9.85. The normalized spacial score (nSPS) is 21.7. The molecule has 1 aliphatic heterocycles. The molecule has 17 heavy (non-hydrogen) atoms. The Labute approximate surface area is 105 Å².